The smallest absolute Gasteiger partial charge is 0.225 e. The van der Waals surface area contributed by atoms with Crippen LogP contribution in [0.5, 0.6) is 0 Å². The second-order valence-electron chi connectivity index (χ2n) is 11.2. The Morgan fingerprint density at radius 1 is 0.914 bits per heavy atom. The zero-order chi connectivity index (χ0) is 24.9. The first-order valence-corrected chi connectivity index (χ1v) is 13.8. The molecule has 1 saturated heterocycles. The summed E-state index contributed by atoms with van der Waals surface area (Å²) in [5.74, 6) is 2.49. The van der Waals surface area contributed by atoms with Crippen LogP contribution in [0.15, 0.2) is 36.7 Å². The Balaban J connectivity index is 1.37. The maximum Gasteiger partial charge on any atom is 0.225 e. The molecule has 0 amide bonds. The Bertz CT molecular complexity index is 933. The van der Waals surface area contributed by atoms with Crippen molar-refractivity contribution >= 4 is 11.7 Å². The molecule has 2 fully saturated rings. The number of carbonyl (C=O) groups excluding carboxylic acids is 1. The molecule has 0 radical (unpaired) electrons. The van der Waals surface area contributed by atoms with Crippen LogP contribution in [-0.2, 0) is 11.2 Å². The number of hydrogen-bond acceptors (Lipinski definition) is 5. The highest BCUT2D eigenvalue weighted by molar-refractivity contribution is 5.82. The molecule has 2 aromatic rings. The number of likely N-dealkylation sites (N-methyl/N-ethyl adjacent to an activating group) is 1. The monoisotopic (exact) mass is 476 g/mol. The Morgan fingerprint density at radius 3 is 2.00 bits per heavy atom. The van der Waals surface area contributed by atoms with E-state index in [0.29, 0.717) is 29.7 Å². The number of Topliss-reactive ketones (excluding diaryl/α,β-unsaturated/α-hetero) is 1. The van der Waals surface area contributed by atoms with Crippen LogP contribution < -0.4 is 4.90 Å². The van der Waals surface area contributed by atoms with Gasteiger partial charge in [-0.1, -0.05) is 52.0 Å². The van der Waals surface area contributed by atoms with E-state index in [1.807, 2.05) is 26.2 Å². The Hall–Kier alpha value is -2.27. The molecule has 2 atom stereocenters. The van der Waals surface area contributed by atoms with Crippen molar-refractivity contribution in [3.63, 3.8) is 0 Å². The van der Waals surface area contributed by atoms with Gasteiger partial charge in [0.05, 0.1) is 0 Å². The van der Waals surface area contributed by atoms with Crippen LogP contribution in [0.25, 0.3) is 11.1 Å². The van der Waals surface area contributed by atoms with Crippen LogP contribution in [0.1, 0.15) is 71.8 Å². The van der Waals surface area contributed by atoms with E-state index in [0.717, 1.165) is 56.7 Å². The predicted molar refractivity (Wildman–Crippen MR) is 145 cm³/mol. The van der Waals surface area contributed by atoms with Crippen molar-refractivity contribution in [1.29, 1.82) is 0 Å². The van der Waals surface area contributed by atoms with Gasteiger partial charge >= 0.3 is 0 Å². The third-order valence-electron chi connectivity index (χ3n) is 8.27. The standard InChI is InChI=1S/C30H44N4O/c1-6-27-19-33(5)20-28(7-2)34(27)30-31-17-26(18-32-30)24-12-8-22(9-13-24)16-23-10-14-25(15-11-23)29(35)21(3)4/h8-9,12-13,17-18,21,23,25,27-28H,6-7,10-11,14-16,19-20H2,1-5H3. The predicted octanol–water partition coefficient (Wildman–Crippen LogP) is 6.03. The average molecular weight is 477 g/mol. The first-order chi connectivity index (χ1) is 16.9. The average Bonchev–Trinajstić information content (AvgIpc) is 2.88. The third kappa shape index (κ3) is 6.11. The van der Waals surface area contributed by atoms with Gasteiger partial charge in [-0.3, -0.25) is 4.79 Å². The number of aromatic nitrogens is 2. The molecule has 2 heterocycles. The zero-order valence-electron chi connectivity index (χ0n) is 22.4. The van der Waals surface area contributed by atoms with Gasteiger partial charge in [-0.2, -0.15) is 0 Å². The van der Waals surface area contributed by atoms with E-state index in [9.17, 15) is 4.79 Å². The van der Waals surface area contributed by atoms with Crippen LogP contribution in [0, 0.1) is 17.8 Å². The van der Waals surface area contributed by atoms with Crippen molar-refractivity contribution in [2.45, 2.75) is 84.7 Å². The summed E-state index contributed by atoms with van der Waals surface area (Å²) in [6.45, 7) is 10.7. The van der Waals surface area contributed by atoms with E-state index in [1.54, 1.807) is 0 Å². The van der Waals surface area contributed by atoms with E-state index in [2.05, 4.69) is 55.0 Å². The highest BCUT2D eigenvalue weighted by Crippen LogP contribution is 2.33. The van der Waals surface area contributed by atoms with Gasteiger partial charge in [-0.15, -0.1) is 0 Å². The highest BCUT2D eigenvalue weighted by Gasteiger charge is 2.33. The van der Waals surface area contributed by atoms with Crippen molar-refractivity contribution < 1.29 is 4.79 Å². The molecule has 1 aliphatic carbocycles. The van der Waals surface area contributed by atoms with E-state index < -0.39 is 0 Å². The number of anilines is 1. The van der Waals surface area contributed by atoms with Gasteiger partial charge in [0.15, 0.2) is 0 Å². The van der Waals surface area contributed by atoms with Crippen LogP contribution >= 0.6 is 0 Å². The molecule has 2 aliphatic rings. The second kappa shape index (κ2) is 11.6. The number of piperazine rings is 1. The molecule has 35 heavy (non-hydrogen) atoms. The fourth-order valence-corrected chi connectivity index (χ4v) is 6.14. The molecule has 0 spiro atoms. The molecule has 1 saturated carbocycles. The Labute approximate surface area is 212 Å². The van der Waals surface area contributed by atoms with Crippen molar-refractivity contribution in [1.82, 2.24) is 14.9 Å². The molecular formula is C30H44N4O. The molecule has 1 aliphatic heterocycles. The number of hydrogen-bond donors (Lipinski definition) is 0. The van der Waals surface area contributed by atoms with Crippen molar-refractivity contribution in [3.05, 3.63) is 42.2 Å². The van der Waals surface area contributed by atoms with Gasteiger partial charge in [0.2, 0.25) is 5.95 Å². The maximum atomic E-state index is 12.3. The van der Waals surface area contributed by atoms with Crippen LogP contribution in [0.4, 0.5) is 5.95 Å². The summed E-state index contributed by atoms with van der Waals surface area (Å²) in [5.41, 5.74) is 3.63. The second-order valence-corrected chi connectivity index (χ2v) is 11.2. The van der Waals surface area contributed by atoms with Gasteiger partial charge < -0.3 is 9.80 Å². The van der Waals surface area contributed by atoms with Crippen molar-refractivity contribution in [2.24, 2.45) is 17.8 Å². The summed E-state index contributed by atoms with van der Waals surface area (Å²) < 4.78 is 0. The lowest BCUT2D eigenvalue weighted by molar-refractivity contribution is -0.127. The highest BCUT2D eigenvalue weighted by atomic mass is 16.1. The number of benzene rings is 1. The zero-order valence-corrected chi connectivity index (χ0v) is 22.4. The summed E-state index contributed by atoms with van der Waals surface area (Å²) in [7, 11) is 2.22. The minimum Gasteiger partial charge on any atom is -0.332 e. The topological polar surface area (TPSA) is 49.3 Å². The van der Waals surface area contributed by atoms with Gasteiger partial charge in [0.25, 0.3) is 0 Å². The molecule has 4 rings (SSSR count). The van der Waals surface area contributed by atoms with E-state index in [-0.39, 0.29) is 5.92 Å². The van der Waals surface area contributed by atoms with E-state index in [1.165, 1.54) is 24.0 Å². The van der Waals surface area contributed by atoms with E-state index in [4.69, 9.17) is 9.97 Å². The largest absolute Gasteiger partial charge is 0.332 e. The summed E-state index contributed by atoms with van der Waals surface area (Å²) in [6, 6.07) is 9.86. The molecule has 5 nitrogen and oxygen atoms in total. The number of nitrogens with zero attached hydrogens (tertiary/aromatic N) is 4. The summed E-state index contributed by atoms with van der Waals surface area (Å²) in [6.07, 6.45) is 11.8. The SMILES string of the molecule is CCC1CN(C)CC(CC)N1c1ncc(-c2ccc(CC3CCC(C(=O)C(C)C)CC3)cc2)cn1. The minimum atomic E-state index is 0.171. The fourth-order valence-electron chi connectivity index (χ4n) is 6.14. The van der Waals surface area contributed by atoms with Crippen molar-refractivity contribution in [3.8, 4) is 11.1 Å². The van der Waals surface area contributed by atoms with Crippen LogP contribution in [0.2, 0.25) is 0 Å². The molecule has 5 heteroatoms. The molecule has 1 aromatic carbocycles. The van der Waals surface area contributed by atoms with Gasteiger partial charge in [0, 0.05) is 55.0 Å². The maximum absolute atomic E-state index is 12.3. The van der Waals surface area contributed by atoms with E-state index >= 15 is 0 Å². The summed E-state index contributed by atoms with van der Waals surface area (Å²) in [5, 5.41) is 0. The van der Waals surface area contributed by atoms with Crippen LogP contribution in [0.3, 0.4) is 0 Å². The normalized spacial score (nSPS) is 25.7. The van der Waals surface area contributed by atoms with Gasteiger partial charge in [0.1, 0.15) is 5.78 Å². The lowest BCUT2D eigenvalue weighted by Gasteiger charge is -2.45. The minimum absolute atomic E-state index is 0.171. The molecular weight excluding hydrogens is 432 g/mol. The lowest BCUT2D eigenvalue weighted by Crippen LogP contribution is -2.58. The molecule has 2 unspecified atom stereocenters. The molecule has 0 bridgehead atoms. The summed E-state index contributed by atoms with van der Waals surface area (Å²) >= 11 is 0. The van der Waals surface area contributed by atoms with Gasteiger partial charge in [-0.05, 0) is 69.0 Å². The first-order valence-electron chi connectivity index (χ1n) is 13.8. The third-order valence-corrected chi connectivity index (χ3v) is 8.27. The Kier molecular flexibility index (Phi) is 8.59. The number of ketones is 1. The van der Waals surface area contributed by atoms with Crippen LogP contribution in [-0.4, -0.2) is 52.9 Å². The molecule has 1 aromatic heterocycles. The number of rotatable bonds is 8. The summed E-state index contributed by atoms with van der Waals surface area (Å²) in [4.78, 5) is 26.8. The van der Waals surface area contributed by atoms with Gasteiger partial charge in [-0.25, -0.2) is 9.97 Å². The molecule has 190 valence electrons. The Morgan fingerprint density at radius 2 is 1.49 bits per heavy atom. The number of carbonyl (C=O) groups is 1. The van der Waals surface area contributed by atoms with Crippen molar-refractivity contribution in [2.75, 3.05) is 25.0 Å². The fraction of sp³-hybridized carbons (Fsp3) is 0.633. The quantitative estimate of drug-likeness (QED) is 0.466. The first kappa shape index (κ1) is 25.8. The lowest BCUT2D eigenvalue weighted by atomic mass is 9.76. The molecule has 0 N–H and O–H groups in total.